The monoisotopic (exact) mass is 477 g/mol. The molecule has 0 saturated carbocycles. The fourth-order valence-electron chi connectivity index (χ4n) is 2.89. The van der Waals surface area contributed by atoms with Crippen LogP contribution in [0.3, 0.4) is 0 Å². The van der Waals surface area contributed by atoms with Gasteiger partial charge >= 0.3 is 0 Å². The normalized spacial score (nSPS) is 10.4. The summed E-state index contributed by atoms with van der Waals surface area (Å²) in [6, 6.07) is 15.6. The Bertz CT molecular complexity index is 1360. The highest BCUT2D eigenvalue weighted by Gasteiger charge is 2.14. The Labute approximate surface area is 199 Å². The van der Waals surface area contributed by atoms with Gasteiger partial charge in [-0.15, -0.1) is 10.2 Å². The van der Waals surface area contributed by atoms with Crippen LogP contribution in [0.1, 0.15) is 11.1 Å². The first-order valence-electron chi connectivity index (χ1n) is 9.79. The molecule has 4 rings (SSSR count). The summed E-state index contributed by atoms with van der Waals surface area (Å²) in [5, 5.41) is 11.6. The lowest BCUT2D eigenvalue weighted by Crippen LogP contribution is -2.14. The Hall–Kier alpha value is -3.67. The zero-order chi connectivity index (χ0) is 23.2. The molecule has 9 heteroatoms. The van der Waals surface area contributed by atoms with E-state index in [2.05, 4.69) is 32.3 Å². The van der Waals surface area contributed by atoms with Crippen molar-refractivity contribution in [3.05, 3.63) is 89.0 Å². The zero-order valence-corrected chi connectivity index (χ0v) is 19.0. The zero-order valence-electron chi connectivity index (χ0n) is 17.4. The van der Waals surface area contributed by atoms with Gasteiger partial charge in [0.1, 0.15) is 5.82 Å². The van der Waals surface area contributed by atoms with E-state index in [0.717, 1.165) is 16.7 Å². The minimum atomic E-state index is -0.541. The third-order valence-corrected chi connectivity index (χ3v) is 5.80. The van der Waals surface area contributed by atoms with Crippen LogP contribution in [0, 0.1) is 17.7 Å². The topological polar surface area (TPSA) is 72.7 Å². The van der Waals surface area contributed by atoms with Crippen molar-refractivity contribution in [3.8, 4) is 23.2 Å². The fourth-order valence-corrected chi connectivity index (χ4v) is 3.78. The average Bonchev–Trinajstić information content (AvgIpc) is 3.20. The van der Waals surface area contributed by atoms with Gasteiger partial charge in [0, 0.05) is 41.8 Å². The summed E-state index contributed by atoms with van der Waals surface area (Å²) in [6.07, 6.45) is 3.38. The molecule has 0 saturated heterocycles. The number of hydrogen-bond donors (Lipinski definition) is 1. The van der Waals surface area contributed by atoms with Crippen molar-refractivity contribution >= 4 is 35.0 Å². The van der Waals surface area contributed by atoms with Crippen molar-refractivity contribution in [2.75, 3.05) is 11.1 Å². The van der Waals surface area contributed by atoms with Crippen molar-refractivity contribution in [2.24, 2.45) is 7.05 Å². The number of halogens is 2. The second-order valence-electron chi connectivity index (χ2n) is 6.91. The van der Waals surface area contributed by atoms with E-state index in [0.29, 0.717) is 16.7 Å². The van der Waals surface area contributed by atoms with Crippen molar-refractivity contribution in [1.82, 2.24) is 19.7 Å². The minimum Gasteiger partial charge on any atom is -0.325 e. The number of nitrogens with one attached hydrogen (secondary N) is 1. The molecule has 0 aliphatic rings. The molecular weight excluding hydrogens is 461 g/mol. The molecular formula is C24H17ClFN5OS. The van der Waals surface area contributed by atoms with Crippen LogP contribution >= 0.6 is 23.4 Å². The van der Waals surface area contributed by atoms with E-state index < -0.39 is 5.82 Å². The number of carbonyl (C=O) groups excluding carboxylic acids is 1. The number of aromatic nitrogens is 4. The van der Waals surface area contributed by atoms with E-state index in [1.165, 1.54) is 30.0 Å². The first-order valence-corrected chi connectivity index (χ1v) is 11.2. The van der Waals surface area contributed by atoms with E-state index in [1.54, 1.807) is 17.0 Å². The highest BCUT2D eigenvalue weighted by Crippen LogP contribution is 2.24. The number of hydrogen-bond acceptors (Lipinski definition) is 5. The predicted molar refractivity (Wildman–Crippen MR) is 127 cm³/mol. The number of benzene rings is 2. The van der Waals surface area contributed by atoms with Crippen LogP contribution in [0.5, 0.6) is 0 Å². The van der Waals surface area contributed by atoms with Crippen molar-refractivity contribution in [2.45, 2.75) is 5.16 Å². The Morgan fingerprint density at radius 1 is 1.09 bits per heavy atom. The van der Waals surface area contributed by atoms with E-state index in [-0.39, 0.29) is 16.7 Å². The second kappa shape index (κ2) is 10.3. The quantitative estimate of drug-likeness (QED) is 0.330. The molecule has 0 radical (unpaired) electrons. The van der Waals surface area contributed by atoms with Crippen molar-refractivity contribution in [1.29, 1.82) is 0 Å². The third-order valence-electron chi connectivity index (χ3n) is 4.49. The summed E-state index contributed by atoms with van der Waals surface area (Å²) in [6.45, 7) is 0. The number of nitrogens with zero attached hydrogens (tertiary/aromatic N) is 4. The standard InChI is InChI=1S/C24H17ClFN5OS/c1-31-23(18-11-17(13-27-14-18)8-7-16-5-3-2-4-6-16)29-30-24(31)33-15-22(32)28-19-9-10-21(26)20(25)12-19/h2-6,9-14H,15H2,1H3,(H,28,32). The van der Waals surface area contributed by atoms with Crippen LogP contribution in [0.15, 0.2) is 72.1 Å². The van der Waals surface area contributed by atoms with Crippen LogP contribution in [0.2, 0.25) is 5.02 Å². The summed E-state index contributed by atoms with van der Waals surface area (Å²) in [4.78, 5) is 16.5. The van der Waals surface area contributed by atoms with Gasteiger partial charge in [-0.25, -0.2) is 4.39 Å². The van der Waals surface area contributed by atoms with Crippen LogP contribution in [-0.2, 0) is 11.8 Å². The SMILES string of the molecule is Cn1c(SCC(=O)Nc2ccc(F)c(Cl)c2)nnc1-c1cncc(C#Cc2ccccc2)c1. The van der Waals surface area contributed by atoms with Crippen LogP contribution < -0.4 is 5.32 Å². The van der Waals surface area contributed by atoms with Gasteiger partial charge in [-0.05, 0) is 36.4 Å². The number of anilines is 1. The van der Waals surface area contributed by atoms with Crippen LogP contribution in [0.4, 0.5) is 10.1 Å². The average molecular weight is 478 g/mol. The van der Waals surface area contributed by atoms with Gasteiger partial charge in [-0.3, -0.25) is 9.78 Å². The van der Waals surface area contributed by atoms with Gasteiger partial charge in [0.15, 0.2) is 11.0 Å². The molecule has 2 heterocycles. The predicted octanol–water partition coefficient (Wildman–Crippen LogP) is 4.80. The molecule has 0 aliphatic heterocycles. The lowest BCUT2D eigenvalue weighted by molar-refractivity contribution is -0.113. The molecule has 33 heavy (non-hydrogen) atoms. The van der Waals surface area contributed by atoms with Gasteiger partial charge in [0.25, 0.3) is 0 Å². The largest absolute Gasteiger partial charge is 0.325 e. The number of amides is 1. The van der Waals surface area contributed by atoms with E-state index in [4.69, 9.17) is 11.6 Å². The second-order valence-corrected chi connectivity index (χ2v) is 8.26. The minimum absolute atomic E-state index is 0.0531. The highest BCUT2D eigenvalue weighted by atomic mass is 35.5. The van der Waals surface area contributed by atoms with Gasteiger partial charge < -0.3 is 9.88 Å². The summed E-state index contributed by atoms with van der Waals surface area (Å²) in [5.41, 5.74) is 2.86. The van der Waals surface area contributed by atoms with Crippen LogP contribution in [-0.4, -0.2) is 31.4 Å². The number of pyridine rings is 1. The first kappa shape index (κ1) is 22.5. The molecule has 1 N–H and O–H groups in total. The fraction of sp³-hybridized carbons (Fsp3) is 0.0833. The Morgan fingerprint density at radius 2 is 1.88 bits per heavy atom. The number of thioether (sulfide) groups is 1. The number of carbonyl (C=O) groups is 1. The maximum absolute atomic E-state index is 13.3. The molecule has 0 fully saturated rings. The van der Waals surface area contributed by atoms with Gasteiger partial charge in [-0.2, -0.15) is 0 Å². The maximum atomic E-state index is 13.3. The van der Waals surface area contributed by atoms with E-state index in [1.807, 2.05) is 43.4 Å². The molecule has 0 bridgehead atoms. The molecule has 164 valence electrons. The van der Waals surface area contributed by atoms with Gasteiger partial charge in [0.2, 0.25) is 5.91 Å². The van der Waals surface area contributed by atoms with Crippen molar-refractivity contribution < 1.29 is 9.18 Å². The molecule has 6 nitrogen and oxygen atoms in total. The molecule has 0 spiro atoms. The molecule has 0 aliphatic carbocycles. The lowest BCUT2D eigenvalue weighted by atomic mass is 10.1. The molecule has 0 unspecified atom stereocenters. The smallest absolute Gasteiger partial charge is 0.234 e. The molecule has 2 aromatic heterocycles. The first-order chi connectivity index (χ1) is 16.0. The van der Waals surface area contributed by atoms with Crippen LogP contribution in [0.25, 0.3) is 11.4 Å². The Balaban J connectivity index is 1.43. The summed E-state index contributed by atoms with van der Waals surface area (Å²) in [7, 11) is 1.82. The summed E-state index contributed by atoms with van der Waals surface area (Å²) >= 11 is 6.98. The highest BCUT2D eigenvalue weighted by molar-refractivity contribution is 7.99. The Kier molecular flexibility index (Phi) is 7.03. The molecule has 1 amide bonds. The maximum Gasteiger partial charge on any atom is 0.234 e. The summed E-state index contributed by atoms with van der Waals surface area (Å²) in [5.74, 6) is 6.11. The van der Waals surface area contributed by atoms with Gasteiger partial charge in [0.05, 0.1) is 10.8 Å². The molecule has 2 aromatic carbocycles. The molecule has 4 aromatic rings. The van der Waals surface area contributed by atoms with E-state index in [9.17, 15) is 9.18 Å². The van der Waals surface area contributed by atoms with E-state index >= 15 is 0 Å². The van der Waals surface area contributed by atoms with Crippen molar-refractivity contribution in [3.63, 3.8) is 0 Å². The number of rotatable bonds is 5. The molecule has 0 atom stereocenters. The third kappa shape index (κ3) is 5.77. The lowest BCUT2D eigenvalue weighted by Gasteiger charge is -2.06. The Morgan fingerprint density at radius 3 is 2.67 bits per heavy atom. The van der Waals surface area contributed by atoms with Gasteiger partial charge in [-0.1, -0.05) is 53.4 Å². The summed E-state index contributed by atoms with van der Waals surface area (Å²) < 4.78 is 15.0.